The summed E-state index contributed by atoms with van der Waals surface area (Å²) in [6.07, 6.45) is 7.42. The Labute approximate surface area is 159 Å². The fraction of sp³-hybridized carbons (Fsp3) is 0.150. The standard InChI is InChI=1S/C20H19ClN2O2S/c1-15-9-11-19(12-10-15)26(24,25)23-22-20-8-3-2-6-17(20)13-16-5-4-7-18(21)14-16/h2,4-7,9-14,23H,3,8H2,1H3/b17-13+,22-20+. The van der Waals surface area contributed by atoms with Crippen molar-refractivity contribution in [1.29, 1.82) is 0 Å². The molecule has 134 valence electrons. The van der Waals surface area contributed by atoms with Gasteiger partial charge in [-0.15, -0.1) is 0 Å². The number of hydrogen-bond acceptors (Lipinski definition) is 3. The Balaban J connectivity index is 1.86. The highest BCUT2D eigenvalue weighted by atomic mass is 35.5. The van der Waals surface area contributed by atoms with E-state index in [0.29, 0.717) is 17.2 Å². The molecule has 2 aromatic rings. The Morgan fingerprint density at radius 2 is 1.92 bits per heavy atom. The van der Waals surface area contributed by atoms with E-state index in [1.165, 1.54) is 0 Å². The molecule has 0 bridgehead atoms. The summed E-state index contributed by atoms with van der Waals surface area (Å²) in [7, 11) is -3.69. The monoisotopic (exact) mass is 386 g/mol. The first-order valence-electron chi connectivity index (χ1n) is 8.23. The van der Waals surface area contributed by atoms with Crippen LogP contribution in [0.25, 0.3) is 6.08 Å². The molecule has 0 amide bonds. The summed E-state index contributed by atoms with van der Waals surface area (Å²) in [5, 5.41) is 4.83. The predicted octanol–water partition coefficient (Wildman–Crippen LogP) is 4.72. The van der Waals surface area contributed by atoms with Crippen LogP contribution in [0.15, 0.2) is 76.3 Å². The highest BCUT2D eigenvalue weighted by Gasteiger charge is 2.15. The van der Waals surface area contributed by atoms with Gasteiger partial charge in [-0.05, 0) is 61.2 Å². The summed E-state index contributed by atoms with van der Waals surface area (Å²) >= 11 is 6.03. The number of allylic oxidation sites excluding steroid dienone is 3. The van der Waals surface area contributed by atoms with Gasteiger partial charge in [-0.3, -0.25) is 0 Å². The second-order valence-corrected chi connectivity index (χ2v) is 8.16. The number of benzene rings is 2. The molecular formula is C20H19ClN2O2S. The van der Waals surface area contributed by atoms with Gasteiger partial charge in [-0.2, -0.15) is 18.4 Å². The summed E-state index contributed by atoms with van der Waals surface area (Å²) in [5.41, 5.74) is 3.50. The topological polar surface area (TPSA) is 58.5 Å². The number of sulfonamides is 1. The minimum absolute atomic E-state index is 0.194. The third kappa shape index (κ3) is 4.62. The van der Waals surface area contributed by atoms with E-state index in [-0.39, 0.29) is 4.90 Å². The average Bonchev–Trinajstić information content (AvgIpc) is 2.61. The molecule has 0 saturated heterocycles. The van der Waals surface area contributed by atoms with Gasteiger partial charge in [0.25, 0.3) is 10.0 Å². The second kappa shape index (κ2) is 7.89. The fourth-order valence-corrected chi connectivity index (χ4v) is 3.61. The molecule has 0 atom stereocenters. The third-order valence-electron chi connectivity index (χ3n) is 3.98. The van der Waals surface area contributed by atoms with Crippen LogP contribution < -0.4 is 4.83 Å². The van der Waals surface area contributed by atoms with E-state index in [4.69, 9.17) is 11.6 Å². The number of nitrogens with one attached hydrogen (secondary N) is 1. The molecule has 0 aliphatic heterocycles. The lowest BCUT2D eigenvalue weighted by molar-refractivity contribution is 0.584. The van der Waals surface area contributed by atoms with Crippen molar-refractivity contribution in [1.82, 2.24) is 4.83 Å². The van der Waals surface area contributed by atoms with Gasteiger partial charge in [0.1, 0.15) is 0 Å². The molecule has 0 aromatic heterocycles. The minimum Gasteiger partial charge on any atom is -0.200 e. The molecule has 2 aromatic carbocycles. The molecule has 4 nitrogen and oxygen atoms in total. The Hall–Kier alpha value is -2.37. The molecule has 6 heteroatoms. The van der Waals surface area contributed by atoms with Gasteiger partial charge in [-0.25, -0.2) is 0 Å². The zero-order valence-corrected chi connectivity index (χ0v) is 15.9. The van der Waals surface area contributed by atoms with Gasteiger partial charge in [0.05, 0.1) is 10.6 Å². The van der Waals surface area contributed by atoms with E-state index in [0.717, 1.165) is 23.1 Å². The van der Waals surface area contributed by atoms with Crippen LogP contribution in [0.5, 0.6) is 0 Å². The number of rotatable bonds is 4. The molecule has 1 N–H and O–H groups in total. The first kappa shape index (κ1) is 18.4. The van der Waals surface area contributed by atoms with Crippen LogP contribution in [-0.2, 0) is 10.0 Å². The SMILES string of the molecule is Cc1ccc(S(=O)(=O)N/N=C2\CCC=C\C2=C/c2cccc(Cl)c2)cc1. The molecule has 0 fully saturated rings. The smallest absolute Gasteiger partial charge is 0.200 e. The van der Waals surface area contributed by atoms with Crippen LogP contribution in [-0.4, -0.2) is 14.1 Å². The van der Waals surface area contributed by atoms with E-state index in [9.17, 15) is 8.42 Å². The number of hydrazone groups is 1. The summed E-state index contributed by atoms with van der Waals surface area (Å²) in [4.78, 5) is 2.54. The molecule has 0 saturated carbocycles. The van der Waals surface area contributed by atoms with Crippen LogP contribution in [0.3, 0.4) is 0 Å². The van der Waals surface area contributed by atoms with E-state index in [1.807, 2.05) is 49.4 Å². The first-order valence-corrected chi connectivity index (χ1v) is 10.1. The first-order chi connectivity index (χ1) is 12.4. The van der Waals surface area contributed by atoms with Crippen molar-refractivity contribution < 1.29 is 8.42 Å². The molecule has 0 spiro atoms. The lowest BCUT2D eigenvalue weighted by Crippen LogP contribution is -2.21. The fourth-order valence-electron chi connectivity index (χ4n) is 2.58. The van der Waals surface area contributed by atoms with Crippen LogP contribution in [0, 0.1) is 6.92 Å². The number of aryl methyl sites for hydroxylation is 1. The van der Waals surface area contributed by atoms with E-state index >= 15 is 0 Å². The molecule has 0 heterocycles. The van der Waals surface area contributed by atoms with Gasteiger partial charge in [0, 0.05) is 5.02 Å². The molecule has 0 unspecified atom stereocenters. The van der Waals surface area contributed by atoms with Crippen LogP contribution in [0.4, 0.5) is 0 Å². The molecular weight excluding hydrogens is 368 g/mol. The number of nitrogens with zero attached hydrogens (tertiary/aromatic N) is 1. The highest BCUT2D eigenvalue weighted by molar-refractivity contribution is 7.89. The van der Waals surface area contributed by atoms with Gasteiger partial charge in [0.2, 0.25) is 0 Å². The van der Waals surface area contributed by atoms with Gasteiger partial charge >= 0.3 is 0 Å². The number of hydrogen-bond donors (Lipinski definition) is 1. The van der Waals surface area contributed by atoms with E-state index < -0.39 is 10.0 Å². The Morgan fingerprint density at radius 1 is 1.15 bits per heavy atom. The lowest BCUT2D eigenvalue weighted by Gasteiger charge is -2.13. The van der Waals surface area contributed by atoms with Crippen LogP contribution in [0.2, 0.25) is 5.02 Å². The van der Waals surface area contributed by atoms with E-state index in [1.54, 1.807) is 24.3 Å². The quantitative estimate of drug-likeness (QED) is 0.773. The minimum atomic E-state index is -3.69. The summed E-state index contributed by atoms with van der Waals surface area (Å²) < 4.78 is 24.8. The maximum absolute atomic E-state index is 12.4. The summed E-state index contributed by atoms with van der Waals surface area (Å²) in [5.74, 6) is 0. The van der Waals surface area contributed by atoms with Crippen molar-refractivity contribution in [3.63, 3.8) is 0 Å². The maximum atomic E-state index is 12.4. The maximum Gasteiger partial charge on any atom is 0.276 e. The average molecular weight is 387 g/mol. The van der Waals surface area contributed by atoms with Crippen molar-refractivity contribution >= 4 is 33.4 Å². The van der Waals surface area contributed by atoms with Crippen LogP contribution in [0.1, 0.15) is 24.0 Å². The number of halogens is 1. The van der Waals surface area contributed by atoms with Crippen molar-refractivity contribution in [2.45, 2.75) is 24.7 Å². The Kier molecular flexibility index (Phi) is 5.59. The normalized spacial score (nSPS) is 17.6. The zero-order valence-electron chi connectivity index (χ0n) is 14.3. The van der Waals surface area contributed by atoms with Gasteiger partial charge < -0.3 is 0 Å². The molecule has 1 aliphatic carbocycles. The Bertz CT molecular complexity index is 991. The third-order valence-corrected chi connectivity index (χ3v) is 5.44. The molecule has 1 aliphatic rings. The van der Waals surface area contributed by atoms with Crippen molar-refractivity contribution in [2.24, 2.45) is 5.10 Å². The van der Waals surface area contributed by atoms with E-state index in [2.05, 4.69) is 9.93 Å². The van der Waals surface area contributed by atoms with Crippen LogP contribution >= 0.6 is 11.6 Å². The van der Waals surface area contributed by atoms with Crippen molar-refractivity contribution in [2.75, 3.05) is 0 Å². The predicted molar refractivity (Wildman–Crippen MR) is 107 cm³/mol. The zero-order chi connectivity index (χ0) is 18.6. The van der Waals surface area contributed by atoms with Crippen molar-refractivity contribution in [3.8, 4) is 0 Å². The lowest BCUT2D eigenvalue weighted by atomic mass is 9.97. The second-order valence-electron chi connectivity index (χ2n) is 6.06. The van der Waals surface area contributed by atoms with Gasteiger partial charge in [0.15, 0.2) is 0 Å². The summed E-state index contributed by atoms with van der Waals surface area (Å²) in [6.45, 7) is 1.91. The Morgan fingerprint density at radius 3 is 2.65 bits per heavy atom. The molecule has 3 rings (SSSR count). The largest absolute Gasteiger partial charge is 0.276 e. The molecule has 0 radical (unpaired) electrons. The van der Waals surface area contributed by atoms with Gasteiger partial charge in [-0.1, -0.05) is 53.6 Å². The highest BCUT2D eigenvalue weighted by Crippen LogP contribution is 2.20. The summed E-state index contributed by atoms with van der Waals surface area (Å²) in [6, 6.07) is 14.1. The van der Waals surface area contributed by atoms with Crippen molar-refractivity contribution in [3.05, 3.63) is 82.4 Å². The molecule has 26 heavy (non-hydrogen) atoms.